The monoisotopic (exact) mass is 291 g/mol. The molecule has 116 valence electrons. The smallest absolute Gasteiger partial charge is 0.244 e. The molecule has 0 aliphatic carbocycles. The van der Waals surface area contributed by atoms with Crippen LogP contribution in [0.25, 0.3) is 0 Å². The fourth-order valence-corrected chi connectivity index (χ4v) is 2.24. The van der Waals surface area contributed by atoms with Crippen LogP contribution in [-0.4, -0.2) is 56.3 Å². The van der Waals surface area contributed by atoms with Crippen LogP contribution in [0.2, 0.25) is 0 Å². The molecule has 5 heteroatoms. The molecule has 1 aromatic rings. The average Bonchev–Trinajstić information content (AvgIpc) is 2.46. The van der Waals surface area contributed by atoms with Gasteiger partial charge in [0.1, 0.15) is 6.04 Å². The highest BCUT2D eigenvalue weighted by molar-refractivity contribution is 5.84. The Hall–Kier alpha value is -1.88. The van der Waals surface area contributed by atoms with E-state index in [0.717, 1.165) is 11.1 Å². The maximum absolute atomic E-state index is 12.7. The molecule has 0 saturated carbocycles. The summed E-state index contributed by atoms with van der Waals surface area (Å²) < 4.78 is 0. The van der Waals surface area contributed by atoms with Crippen LogP contribution in [0.1, 0.15) is 23.6 Å². The van der Waals surface area contributed by atoms with Crippen molar-refractivity contribution in [1.82, 2.24) is 15.1 Å². The molecule has 0 unspecified atom stereocenters. The van der Waals surface area contributed by atoms with Gasteiger partial charge in [0.05, 0.1) is 0 Å². The minimum absolute atomic E-state index is 0.00166. The summed E-state index contributed by atoms with van der Waals surface area (Å²) in [5.41, 5.74) is 2.09. The molecule has 0 aromatic heterocycles. The number of carbonyl (C=O) groups is 2. The van der Waals surface area contributed by atoms with Gasteiger partial charge >= 0.3 is 0 Å². The highest BCUT2D eigenvalue weighted by atomic mass is 16.2. The highest BCUT2D eigenvalue weighted by Gasteiger charge is 2.27. The average molecular weight is 291 g/mol. The molecule has 0 heterocycles. The third-order valence-electron chi connectivity index (χ3n) is 3.56. The molecule has 0 spiro atoms. The van der Waals surface area contributed by atoms with E-state index in [4.69, 9.17) is 0 Å². The molecule has 1 atom stereocenters. The molecule has 0 fully saturated rings. The minimum atomic E-state index is -0.333. The van der Waals surface area contributed by atoms with Gasteiger partial charge in [-0.15, -0.1) is 0 Å². The first-order valence-corrected chi connectivity index (χ1v) is 7.06. The Morgan fingerprint density at radius 3 is 2.33 bits per heavy atom. The van der Waals surface area contributed by atoms with Crippen LogP contribution in [0.3, 0.4) is 0 Å². The van der Waals surface area contributed by atoms with E-state index in [9.17, 15) is 9.59 Å². The van der Waals surface area contributed by atoms with Gasteiger partial charge in [0.15, 0.2) is 0 Å². The van der Waals surface area contributed by atoms with Gasteiger partial charge < -0.3 is 10.2 Å². The molecular weight excluding hydrogens is 266 g/mol. The first-order chi connectivity index (χ1) is 9.88. The highest BCUT2D eigenvalue weighted by Crippen LogP contribution is 2.23. The summed E-state index contributed by atoms with van der Waals surface area (Å²) in [4.78, 5) is 27.5. The van der Waals surface area contributed by atoms with E-state index in [-0.39, 0.29) is 17.9 Å². The molecule has 21 heavy (non-hydrogen) atoms. The number of aryl methyl sites for hydroxylation is 1. The summed E-state index contributed by atoms with van der Waals surface area (Å²) in [5.74, 6) is -0.0647. The van der Waals surface area contributed by atoms with Gasteiger partial charge in [-0.05, 0) is 32.1 Å². The molecule has 1 aromatic carbocycles. The number of nitrogens with zero attached hydrogens (tertiary/aromatic N) is 2. The largest absolute Gasteiger partial charge is 0.359 e. The fraction of sp³-hybridized carbons (Fsp3) is 0.500. The number of nitrogens with one attached hydrogen (secondary N) is 1. The van der Waals surface area contributed by atoms with Crippen molar-refractivity contribution in [1.29, 1.82) is 0 Å². The SMILES string of the molecule is CNC(=O)CCN(C)C(=O)[C@H](c1ccccc1C)N(C)C. The Kier molecular flexibility index (Phi) is 6.37. The number of carbonyl (C=O) groups excluding carboxylic acids is 2. The van der Waals surface area contributed by atoms with Crippen molar-refractivity contribution < 1.29 is 9.59 Å². The standard InChI is InChI=1S/C16H25N3O2/c1-12-8-6-7-9-13(12)15(18(3)4)16(21)19(5)11-10-14(20)17-2/h6-9,15H,10-11H2,1-5H3,(H,17,20)/t15-/m0/s1. The van der Waals surface area contributed by atoms with Crippen molar-refractivity contribution >= 4 is 11.8 Å². The molecule has 2 amide bonds. The predicted molar refractivity (Wildman–Crippen MR) is 83.9 cm³/mol. The van der Waals surface area contributed by atoms with Crippen molar-refractivity contribution in [3.8, 4) is 0 Å². The molecule has 0 saturated heterocycles. The van der Waals surface area contributed by atoms with Crippen molar-refractivity contribution in [3.05, 3.63) is 35.4 Å². The van der Waals surface area contributed by atoms with Gasteiger partial charge in [0.2, 0.25) is 11.8 Å². The molecule has 0 aliphatic heterocycles. The number of hydrogen-bond donors (Lipinski definition) is 1. The zero-order valence-corrected chi connectivity index (χ0v) is 13.5. The Bertz CT molecular complexity index is 500. The van der Waals surface area contributed by atoms with Gasteiger partial charge in [-0.1, -0.05) is 24.3 Å². The maximum atomic E-state index is 12.7. The molecule has 0 bridgehead atoms. The van der Waals surface area contributed by atoms with Gasteiger partial charge in [0, 0.05) is 27.1 Å². The van der Waals surface area contributed by atoms with Gasteiger partial charge in [-0.25, -0.2) is 0 Å². The number of benzene rings is 1. The second-order valence-corrected chi connectivity index (χ2v) is 5.41. The van der Waals surface area contributed by atoms with Crippen molar-refractivity contribution in [2.75, 3.05) is 34.7 Å². The lowest BCUT2D eigenvalue weighted by Gasteiger charge is -2.29. The van der Waals surface area contributed by atoms with Gasteiger partial charge in [0.25, 0.3) is 0 Å². The minimum Gasteiger partial charge on any atom is -0.359 e. The number of likely N-dealkylation sites (N-methyl/N-ethyl adjacent to an activating group) is 2. The predicted octanol–water partition coefficient (Wildman–Crippen LogP) is 1.19. The topological polar surface area (TPSA) is 52.7 Å². The summed E-state index contributed by atoms with van der Waals surface area (Å²) in [7, 11) is 7.11. The second-order valence-electron chi connectivity index (χ2n) is 5.41. The number of hydrogen-bond acceptors (Lipinski definition) is 3. The lowest BCUT2D eigenvalue weighted by Crippen LogP contribution is -2.40. The Balaban J connectivity index is 2.88. The van der Waals surface area contributed by atoms with E-state index in [1.54, 1.807) is 19.0 Å². The van der Waals surface area contributed by atoms with E-state index in [1.165, 1.54) is 0 Å². The lowest BCUT2D eigenvalue weighted by molar-refractivity contribution is -0.135. The first-order valence-electron chi connectivity index (χ1n) is 7.06. The van der Waals surface area contributed by atoms with E-state index >= 15 is 0 Å². The summed E-state index contributed by atoms with van der Waals surface area (Å²) >= 11 is 0. The zero-order chi connectivity index (χ0) is 16.0. The molecule has 5 nitrogen and oxygen atoms in total. The quantitative estimate of drug-likeness (QED) is 0.856. The Morgan fingerprint density at radius 1 is 1.19 bits per heavy atom. The van der Waals surface area contributed by atoms with Crippen LogP contribution in [-0.2, 0) is 9.59 Å². The van der Waals surface area contributed by atoms with E-state index < -0.39 is 0 Å². The van der Waals surface area contributed by atoms with Crippen molar-refractivity contribution in [2.24, 2.45) is 0 Å². The summed E-state index contributed by atoms with van der Waals surface area (Å²) in [5, 5.41) is 2.56. The number of amides is 2. The molecule has 0 radical (unpaired) electrons. The second kappa shape index (κ2) is 7.78. The van der Waals surface area contributed by atoms with Crippen LogP contribution in [0.5, 0.6) is 0 Å². The van der Waals surface area contributed by atoms with Crippen LogP contribution in [0.4, 0.5) is 0 Å². The normalized spacial score (nSPS) is 12.1. The molecular formula is C16H25N3O2. The third-order valence-corrected chi connectivity index (χ3v) is 3.56. The van der Waals surface area contributed by atoms with E-state index in [1.807, 2.05) is 50.2 Å². The molecule has 0 aliphatic rings. The van der Waals surface area contributed by atoms with E-state index in [0.29, 0.717) is 13.0 Å². The van der Waals surface area contributed by atoms with E-state index in [2.05, 4.69) is 5.32 Å². The van der Waals surface area contributed by atoms with Crippen LogP contribution in [0, 0.1) is 6.92 Å². The summed E-state index contributed by atoms with van der Waals surface area (Å²) in [6.07, 6.45) is 0.312. The summed E-state index contributed by atoms with van der Waals surface area (Å²) in [6, 6.07) is 7.55. The van der Waals surface area contributed by atoms with Gasteiger partial charge in [-0.3, -0.25) is 14.5 Å². The van der Waals surface area contributed by atoms with Gasteiger partial charge in [-0.2, -0.15) is 0 Å². The Morgan fingerprint density at radius 2 is 1.81 bits per heavy atom. The molecule has 1 N–H and O–H groups in total. The van der Waals surface area contributed by atoms with Crippen LogP contribution >= 0.6 is 0 Å². The lowest BCUT2D eigenvalue weighted by atomic mass is 9.99. The number of rotatable bonds is 6. The maximum Gasteiger partial charge on any atom is 0.244 e. The molecule has 1 rings (SSSR count). The fourth-order valence-electron chi connectivity index (χ4n) is 2.24. The van der Waals surface area contributed by atoms with Crippen molar-refractivity contribution in [3.63, 3.8) is 0 Å². The van der Waals surface area contributed by atoms with Crippen LogP contribution in [0.15, 0.2) is 24.3 Å². The zero-order valence-electron chi connectivity index (χ0n) is 13.5. The third kappa shape index (κ3) is 4.56. The van der Waals surface area contributed by atoms with Crippen LogP contribution < -0.4 is 5.32 Å². The first kappa shape index (κ1) is 17.2. The summed E-state index contributed by atoms with van der Waals surface area (Å²) in [6.45, 7) is 2.42. The Labute approximate surface area is 126 Å². The van der Waals surface area contributed by atoms with Crippen molar-refractivity contribution in [2.45, 2.75) is 19.4 Å².